The summed E-state index contributed by atoms with van der Waals surface area (Å²) in [5, 5.41) is 4.29. The summed E-state index contributed by atoms with van der Waals surface area (Å²) >= 11 is 0. The summed E-state index contributed by atoms with van der Waals surface area (Å²) in [6.45, 7) is 4.16. The summed E-state index contributed by atoms with van der Waals surface area (Å²) in [5.41, 5.74) is 4.87. The van der Waals surface area contributed by atoms with Crippen molar-refractivity contribution in [2.24, 2.45) is 0 Å². The van der Waals surface area contributed by atoms with Crippen LogP contribution in [0.3, 0.4) is 0 Å². The molecule has 0 spiro atoms. The van der Waals surface area contributed by atoms with Crippen LogP contribution in [0.2, 0.25) is 0 Å². The Morgan fingerprint density at radius 1 is 1.17 bits per heavy atom. The second kappa shape index (κ2) is 8.19. The lowest BCUT2D eigenvalue weighted by molar-refractivity contribution is 0.239. The Hall–Kier alpha value is -2.73. The molecule has 1 aliphatic heterocycles. The third-order valence-corrected chi connectivity index (χ3v) is 6.57. The van der Waals surface area contributed by atoms with Gasteiger partial charge in [-0.1, -0.05) is 54.8 Å². The number of hydrogen-bond donors (Lipinski definition) is 1. The first-order valence-corrected chi connectivity index (χ1v) is 11.0. The van der Waals surface area contributed by atoms with Gasteiger partial charge in [0.25, 0.3) is 5.56 Å². The number of benzene rings is 1. The molecule has 3 heterocycles. The predicted molar refractivity (Wildman–Crippen MR) is 115 cm³/mol. The molecule has 0 atom stereocenters. The van der Waals surface area contributed by atoms with Gasteiger partial charge in [-0.3, -0.25) is 9.69 Å². The molecule has 3 aromatic rings. The van der Waals surface area contributed by atoms with Crippen molar-refractivity contribution < 1.29 is 4.52 Å². The second-order valence-electron chi connectivity index (χ2n) is 8.60. The van der Waals surface area contributed by atoms with Gasteiger partial charge < -0.3 is 9.51 Å². The highest BCUT2D eigenvalue weighted by atomic mass is 16.5. The van der Waals surface area contributed by atoms with E-state index in [9.17, 15) is 4.79 Å². The van der Waals surface area contributed by atoms with Crippen molar-refractivity contribution in [3.05, 3.63) is 69.1 Å². The first kappa shape index (κ1) is 19.2. The summed E-state index contributed by atoms with van der Waals surface area (Å²) in [5.74, 6) is 2.16. The van der Waals surface area contributed by atoms with E-state index in [2.05, 4.69) is 15.0 Å². The molecule has 0 bridgehead atoms. The molecule has 2 aromatic heterocycles. The molecule has 1 aliphatic carbocycles. The fraction of sp³-hybridized carbons (Fsp3) is 0.458. The van der Waals surface area contributed by atoms with E-state index in [0.29, 0.717) is 19.0 Å². The van der Waals surface area contributed by atoms with Gasteiger partial charge in [0.2, 0.25) is 0 Å². The molecule has 0 amide bonds. The predicted octanol–water partition coefficient (Wildman–Crippen LogP) is 4.34. The number of nitrogens with one attached hydrogen (secondary N) is 1. The zero-order valence-corrected chi connectivity index (χ0v) is 17.5. The van der Waals surface area contributed by atoms with Gasteiger partial charge in [-0.05, 0) is 19.8 Å². The molecule has 1 fully saturated rings. The van der Waals surface area contributed by atoms with Gasteiger partial charge in [-0.25, -0.2) is 4.98 Å². The molecule has 5 rings (SSSR count). The Bertz CT molecular complexity index is 1080. The summed E-state index contributed by atoms with van der Waals surface area (Å²) in [7, 11) is 0. The molecule has 6 heteroatoms. The van der Waals surface area contributed by atoms with Crippen LogP contribution in [0.15, 0.2) is 39.6 Å². The minimum absolute atomic E-state index is 0.0376. The Balaban J connectivity index is 1.37. The van der Waals surface area contributed by atoms with Crippen molar-refractivity contribution in [1.29, 1.82) is 0 Å². The lowest BCUT2D eigenvalue weighted by Crippen LogP contribution is -2.36. The van der Waals surface area contributed by atoms with E-state index in [4.69, 9.17) is 9.51 Å². The fourth-order valence-electron chi connectivity index (χ4n) is 4.83. The van der Waals surface area contributed by atoms with Crippen LogP contribution in [0, 0.1) is 6.92 Å². The Kier molecular flexibility index (Phi) is 5.25. The van der Waals surface area contributed by atoms with Crippen LogP contribution in [-0.2, 0) is 19.5 Å². The SMILES string of the molecule is Cc1onc(-c2ccccc2)c1CN1CCc2nc(C3CCCCC3)[nH]c(=O)c2C1. The maximum Gasteiger partial charge on any atom is 0.255 e. The highest BCUT2D eigenvalue weighted by molar-refractivity contribution is 5.63. The van der Waals surface area contributed by atoms with Gasteiger partial charge in [0.15, 0.2) is 0 Å². The number of aryl methyl sites for hydroxylation is 1. The quantitative estimate of drug-likeness (QED) is 0.700. The molecule has 30 heavy (non-hydrogen) atoms. The summed E-state index contributed by atoms with van der Waals surface area (Å²) in [4.78, 5) is 23.2. The standard InChI is InChI=1S/C24H28N4O2/c1-16-19(22(27-30-16)17-8-4-2-5-9-17)14-28-13-12-21-20(15-28)24(29)26-23(25-21)18-10-6-3-7-11-18/h2,4-5,8-9,18H,3,6-7,10-15H2,1H3,(H,25,26,29). The van der Waals surface area contributed by atoms with Gasteiger partial charge in [0, 0.05) is 43.1 Å². The summed E-state index contributed by atoms with van der Waals surface area (Å²) in [6, 6.07) is 10.1. The Morgan fingerprint density at radius 2 is 1.97 bits per heavy atom. The largest absolute Gasteiger partial charge is 0.361 e. The maximum absolute atomic E-state index is 12.9. The average Bonchev–Trinajstić information content (AvgIpc) is 3.15. The van der Waals surface area contributed by atoms with E-state index >= 15 is 0 Å². The van der Waals surface area contributed by atoms with Crippen LogP contribution >= 0.6 is 0 Å². The van der Waals surface area contributed by atoms with Gasteiger partial charge >= 0.3 is 0 Å². The third-order valence-electron chi connectivity index (χ3n) is 6.57. The van der Waals surface area contributed by atoms with Gasteiger partial charge in [0.1, 0.15) is 17.3 Å². The zero-order valence-electron chi connectivity index (χ0n) is 17.5. The first-order chi connectivity index (χ1) is 14.7. The number of rotatable bonds is 4. The number of aromatic amines is 1. The molecule has 1 aromatic carbocycles. The van der Waals surface area contributed by atoms with Crippen LogP contribution < -0.4 is 5.56 Å². The Morgan fingerprint density at radius 3 is 2.77 bits per heavy atom. The van der Waals surface area contributed by atoms with Crippen LogP contribution in [0.25, 0.3) is 11.3 Å². The van der Waals surface area contributed by atoms with Crippen LogP contribution in [0.4, 0.5) is 0 Å². The molecule has 1 saturated carbocycles. The molecular formula is C24H28N4O2. The molecule has 0 unspecified atom stereocenters. The van der Waals surface area contributed by atoms with Crippen LogP contribution in [0.5, 0.6) is 0 Å². The number of H-pyrrole nitrogens is 1. The van der Waals surface area contributed by atoms with Crippen LogP contribution in [0.1, 0.15) is 66.4 Å². The van der Waals surface area contributed by atoms with Crippen molar-refractivity contribution in [3.8, 4) is 11.3 Å². The second-order valence-corrected chi connectivity index (χ2v) is 8.60. The van der Waals surface area contributed by atoms with Crippen molar-refractivity contribution in [1.82, 2.24) is 20.0 Å². The minimum atomic E-state index is 0.0376. The van der Waals surface area contributed by atoms with E-state index in [0.717, 1.165) is 65.5 Å². The van der Waals surface area contributed by atoms with Gasteiger partial charge in [0.05, 0.1) is 11.3 Å². The smallest absolute Gasteiger partial charge is 0.255 e. The highest BCUT2D eigenvalue weighted by Crippen LogP contribution is 2.31. The third kappa shape index (κ3) is 3.72. The van der Waals surface area contributed by atoms with Gasteiger partial charge in [-0.15, -0.1) is 0 Å². The fourth-order valence-corrected chi connectivity index (χ4v) is 4.83. The van der Waals surface area contributed by atoms with Crippen LogP contribution in [-0.4, -0.2) is 26.6 Å². The molecule has 1 N–H and O–H groups in total. The number of nitrogens with zero attached hydrogens (tertiary/aromatic N) is 3. The van der Waals surface area contributed by atoms with Crippen molar-refractivity contribution in [2.75, 3.05) is 6.54 Å². The topological polar surface area (TPSA) is 75.0 Å². The molecule has 2 aliphatic rings. The summed E-state index contributed by atoms with van der Waals surface area (Å²) < 4.78 is 5.51. The molecule has 156 valence electrons. The monoisotopic (exact) mass is 404 g/mol. The van der Waals surface area contributed by atoms with E-state index < -0.39 is 0 Å². The zero-order chi connectivity index (χ0) is 20.5. The van der Waals surface area contributed by atoms with E-state index in [1.807, 2.05) is 37.3 Å². The molecular weight excluding hydrogens is 376 g/mol. The molecule has 6 nitrogen and oxygen atoms in total. The lowest BCUT2D eigenvalue weighted by Gasteiger charge is -2.29. The number of hydrogen-bond acceptors (Lipinski definition) is 5. The van der Waals surface area contributed by atoms with E-state index in [1.165, 1.54) is 19.3 Å². The number of aromatic nitrogens is 3. The van der Waals surface area contributed by atoms with Crippen molar-refractivity contribution in [2.45, 2.75) is 64.5 Å². The molecule has 0 radical (unpaired) electrons. The lowest BCUT2D eigenvalue weighted by atomic mass is 9.88. The molecule has 0 saturated heterocycles. The highest BCUT2D eigenvalue weighted by Gasteiger charge is 2.26. The normalized spacial score (nSPS) is 17.8. The van der Waals surface area contributed by atoms with Crippen molar-refractivity contribution in [3.63, 3.8) is 0 Å². The number of fused-ring (bicyclic) bond motifs is 1. The van der Waals surface area contributed by atoms with Gasteiger partial charge in [-0.2, -0.15) is 0 Å². The summed E-state index contributed by atoms with van der Waals surface area (Å²) in [6.07, 6.45) is 6.87. The van der Waals surface area contributed by atoms with E-state index in [-0.39, 0.29) is 5.56 Å². The van der Waals surface area contributed by atoms with Crippen molar-refractivity contribution >= 4 is 0 Å². The maximum atomic E-state index is 12.9. The van der Waals surface area contributed by atoms with E-state index in [1.54, 1.807) is 0 Å². The minimum Gasteiger partial charge on any atom is -0.361 e. The first-order valence-electron chi connectivity index (χ1n) is 11.0. The Labute approximate surface area is 176 Å². The average molecular weight is 405 g/mol.